The smallest absolute Gasteiger partial charge is 0.407 e. The van der Waals surface area contributed by atoms with Gasteiger partial charge in [0.2, 0.25) is 0 Å². The van der Waals surface area contributed by atoms with Gasteiger partial charge in [-0.1, -0.05) is 6.08 Å². The Morgan fingerprint density at radius 1 is 1.73 bits per heavy atom. The maximum atomic E-state index is 10.6. The van der Waals surface area contributed by atoms with Gasteiger partial charge in [0, 0.05) is 12.6 Å². The first-order valence-electron chi connectivity index (χ1n) is 3.86. The van der Waals surface area contributed by atoms with E-state index in [1.807, 2.05) is 0 Å². The number of rotatable bonds is 3. The highest BCUT2D eigenvalue weighted by Gasteiger charge is 2.27. The fourth-order valence-corrected chi connectivity index (χ4v) is 1.22. The van der Waals surface area contributed by atoms with Crippen LogP contribution in [0.25, 0.3) is 0 Å². The standard InChI is InChI=1S/C8H13NO2/c1-2-6-9(8(10)11)7-4-3-5-7/h2,7H,1,3-6H2,(H,10,11). The zero-order chi connectivity index (χ0) is 8.27. The second-order valence-corrected chi connectivity index (χ2v) is 2.81. The van der Waals surface area contributed by atoms with Crippen molar-refractivity contribution in [2.45, 2.75) is 25.3 Å². The summed E-state index contributed by atoms with van der Waals surface area (Å²) < 4.78 is 0. The summed E-state index contributed by atoms with van der Waals surface area (Å²) >= 11 is 0. The highest BCUT2D eigenvalue weighted by atomic mass is 16.4. The third-order valence-corrected chi connectivity index (χ3v) is 2.09. The van der Waals surface area contributed by atoms with E-state index in [2.05, 4.69) is 6.58 Å². The van der Waals surface area contributed by atoms with Crippen LogP contribution < -0.4 is 0 Å². The summed E-state index contributed by atoms with van der Waals surface area (Å²) in [5, 5.41) is 8.72. The molecule has 0 spiro atoms. The number of nitrogens with zero attached hydrogens (tertiary/aromatic N) is 1. The highest BCUT2D eigenvalue weighted by molar-refractivity contribution is 5.65. The molecule has 0 heterocycles. The topological polar surface area (TPSA) is 40.5 Å². The summed E-state index contributed by atoms with van der Waals surface area (Å²) in [5.74, 6) is 0. The summed E-state index contributed by atoms with van der Waals surface area (Å²) in [6.45, 7) is 3.98. The lowest BCUT2D eigenvalue weighted by atomic mass is 9.92. The first kappa shape index (κ1) is 8.11. The summed E-state index contributed by atoms with van der Waals surface area (Å²) in [6.07, 6.45) is 3.99. The fraction of sp³-hybridized carbons (Fsp3) is 0.625. The molecule has 0 saturated heterocycles. The molecule has 0 bridgehead atoms. The van der Waals surface area contributed by atoms with Gasteiger partial charge < -0.3 is 10.0 Å². The van der Waals surface area contributed by atoms with Crippen LogP contribution >= 0.6 is 0 Å². The summed E-state index contributed by atoms with van der Waals surface area (Å²) in [6, 6.07) is 0.255. The molecule has 1 fully saturated rings. The van der Waals surface area contributed by atoms with E-state index in [9.17, 15) is 4.79 Å². The molecule has 0 radical (unpaired) electrons. The molecule has 0 atom stereocenters. The van der Waals surface area contributed by atoms with Crippen molar-refractivity contribution in [1.82, 2.24) is 4.90 Å². The normalized spacial score (nSPS) is 17.1. The van der Waals surface area contributed by atoms with Gasteiger partial charge in [-0.25, -0.2) is 4.79 Å². The van der Waals surface area contributed by atoms with Crippen LogP contribution in [0.4, 0.5) is 4.79 Å². The lowest BCUT2D eigenvalue weighted by Crippen LogP contribution is -2.43. The van der Waals surface area contributed by atoms with E-state index < -0.39 is 6.09 Å². The first-order chi connectivity index (χ1) is 5.25. The Morgan fingerprint density at radius 3 is 2.64 bits per heavy atom. The molecule has 1 saturated carbocycles. The third kappa shape index (κ3) is 1.73. The van der Waals surface area contributed by atoms with E-state index in [1.54, 1.807) is 6.08 Å². The maximum absolute atomic E-state index is 10.6. The van der Waals surface area contributed by atoms with Crippen molar-refractivity contribution in [1.29, 1.82) is 0 Å². The van der Waals surface area contributed by atoms with Crippen LogP contribution in [-0.2, 0) is 0 Å². The van der Waals surface area contributed by atoms with Crippen molar-refractivity contribution >= 4 is 6.09 Å². The Labute approximate surface area is 66.3 Å². The quantitative estimate of drug-likeness (QED) is 0.630. The average Bonchev–Trinajstić information content (AvgIpc) is 1.82. The van der Waals surface area contributed by atoms with E-state index in [1.165, 1.54) is 4.90 Å². The van der Waals surface area contributed by atoms with E-state index in [0.717, 1.165) is 19.3 Å². The van der Waals surface area contributed by atoms with Crippen LogP contribution in [0.2, 0.25) is 0 Å². The number of hydrogen-bond acceptors (Lipinski definition) is 1. The average molecular weight is 155 g/mol. The molecule has 0 aromatic rings. The molecule has 11 heavy (non-hydrogen) atoms. The van der Waals surface area contributed by atoms with Crippen LogP contribution in [-0.4, -0.2) is 28.7 Å². The van der Waals surface area contributed by atoms with Crippen molar-refractivity contribution in [3.63, 3.8) is 0 Å². The largest absolute Gasteiger partial charge is 0.465 e. The van der Waals surface area contributed by atoms with Gasteiger partial charge in [0.25, 0.3) is 0 Å². The number of carboxylic acid groups (broad SMARTS) is 1. The Kier molecular flexibility index (Phi) is 2.52. The molecular formula is C8H13NO2. The third-order valence-electron chi connectivity index (χ3n) is 2.09. The molecule has 1 aliphatic rings. The molecule has 0 aliphatic heterocycles. The predicted molar refractivity (Wildman–Crippen MR) is 42.6 cm³/mol. The van der Waals surface area contributed by atoms with Crippen molar-refractivity contribution in [2.75, 3.05) is 6.54 Å². The first-order valence-corrected chi connectivity index (χ1v) is 3.86. The summed E-state index contributed by atoms with van der Waals surface area (Å²) in [7, 11) is 0. The van der Waals surface area contributed by atoms with Crippen molar-refractivity contribution in [2.24, 2.45) is 0 Å². The molecule has 1 amide bonds. The number of hydrogen-bond donors (Lipinski definition) is 1. The van der Waals surface area contributed by atoms with Crippen LogP contribution in [0.15, 0.2) is 12.7 Å². The molecule has 3 heteroatoms. The molecule has 1 rings (SSSR count). The van der Waals surface area contributed by atoms with E-state index >= 15 is 0 Å². The highest BCUT2D eigenvalue weighted by Crippen LogP contribution is 2.24. The lowest BCUT2D eigenvalue weighted by molar-refractivity contribution is 0.105. The molecule has 3 nitrogen and oxygen atoms in total. The summed E-state index contributed by atoms with van der Waals surface area (Å²) in [5.41, 5.74) is 0. The lowest BCUT2D eigenvalue weighted by Gasteiger charge is -2.34. The van der Waals surface area contributed by atoms with Crippen molar-refractivity contribution in [3.05, 3.63) is 12.7 Å². The zero-order valence-corrected chi connectivity index (χ0v) is 6.49. The van der Waals surface area contributed by atoms with E-state index in [-0.39, 0.29) is 6.04 Å². The molecule has 0 unspecified atom stereocenters. The minimum absolute atomic E-state index is 0.255. The van der Waals surface area contributed by atoms with Gasteiger partial charge in [-0.3, -0.25) is 0 Å². The van der Waals surface area contributed by atoms with Crippen molar-refractivity contribution in [3.8, 4) is 0 Å². The Bertz CT molecular complexity index is 163. The molecule has 1 aliphatic carbocycles. The monoisotopic (exact) mass is 155 g/mol. The molecule has 1 N–H and O–H groups in total. The van der Waals surface area contributed by atoms with Crippen LogP contribution in [0, 0.1) is 0 Å². The van der Waals surface area contributed by atoms with Gasteiger partial charge in [0.1, 0.15) is 0 Å². The number of amides is 1. The van der Waals surface area contributed by atoms with Gasteiger partial charge >= 0.3 is 6.09 Å². The minimum atomic E-state index is -0.824. The van der Waals surface area contributed by atoms with Crippen LogP contribution in [0.1, 0.15) is 19.3 Å². The molecule has 0 aromatic carbocycles. The van der Waals surface area contributed by atoms with Crippen LogP contribution in [0.5, 0.6) is 0 Å². The van der Waals surface area contributed by atoms with Gasteiger partial charge in [-0.15, -0.1) is 6.58 Å². The molecular weight excluding hydrogens is 142 g/mol. The minimum Gasteiger partial charge on any atom is -0.465 e. The second-order valence-electron chi connectivity index (χ2n) is 2.81. The van der Waals surface area contributed by atoms with Gasteiger partial charge in [0.15, 0.2) is 0 Å². The Morgan fingerprint density at radius 2 is 2.36 bits per heavy atom. The van der Waals surface area contributed by atoms with Gasteiger partial charge in [0.05, 0.1) is 0 Å². The zero-order valence-electron chi connectivity index (χ0n) is 6.49. The molecule has 0 aromatic heterocycles. The Balaban J connectivity index is 2.43. The fourth-order valence-electron chi connectivity index (χ4n) is 1.22. The summed E-state index contributed by atoms with van der Waals surface area (Å²) in [4.78, 5) is 12.1. The number of carbonyl (C=O) groups is 1. The van der Waals surface area contributed by atoms with E-state index in [4.69, 9.17) is 5.11 Å². The van der Waals surface area contributed by atoms with Gasteiger partial charge in [-0.2, -0.15) is 0 Å². The van der Waals surface area contributed by atoms with Crippen LogP contribution in [0.3, 0.4) is 0 Å². The molecule has 62 valence electrons. The maximum Gasteiger partial charge on any atom is 0.407 e. The predicted octanol–water partition coefficient (Wildman–Crippen LogP) is 1.70. The SMILES string of the molecule is C=CCN(C(=O)O)C1CCC1. The van der Waals surface area contributed by atoms with E-state index in [0.29, 0.717) is 6.54 Å². The second kappa shape index (κ2) is 3.42. The van der Waals surface area contributed by atoms with Gasteiger partial charge in [-0.05, 0) is 19.3 Å². The van der Waals surface area contributed by atoms with Crippen molar-refractivity contribution < 1.29 is 9.90 Å². The Hall–Kier alpha value is -0.990.